The van der Waals surface area contributed by atoms with Crippen molar-refractivity contribution in [3.05, 3.63) is 52.8 Å². The Labute approximate surface area is 142 Å². The van der Waals surface area contributed by atoms with Crippen LogP contribution < -0.4 is 0 Å². The largest absolute Gasteiger partial charge is 0.474 e. The van der Waals surface area contributed by atoms with Gasteiger partial charge in [0, 0.05) is 11.4 Å². The second-order valence-corrected chi connectivity index (χ2v) is 6.39. The molecule has 0 saturated heterocycles. The van der Waals surface area contributed by atoms with Crippen molar-refractivity contribution in [3.63, 3.8) is 0 Å². The highest BCUT2D eigenvalue weighted by molar-refractivity contribution is 6.30. The van der Waals surface area contributed by atoms with Crippen molar-refractivity contribution in [1.29, 1.82) is 0 Å². The minimum atomic E-state index is 0.154. The van der Waals surface area contributed by atoms with Crippen LogP contribution in [0.25, 0.3) is 11.4 Å². The molecule has 0 amide bonds. The number of aromatic nitrogens is 5. The zero-order valence-electron chi connectivity index (χ0n) is 12.8. The zero-order chi connectivity index (χ0) is 16.3. The number of benzene rings is 1. The van der Waals surface area contributed by atoms with Crippen LogP contribution in [0.15, 0.2) is 35.7 Å². The summed E-state index contributed by atoms with van der Waals surface area (Å²) in [6, 6.07) is 5.86. The molecule has 3 aromatic rings. The van der Waals surface area contributed by atoms with E-state index in [9.17, 15) is 0 Å². The SMILES string of the molecule is C[C@H]1COC(c2ncn3c2Cc2cnnn2-c2cc(Cl)ccc2-3)=N1. The first-order valence-electron chi connectivity index (χ1n) is 7.68. The van der Waals surface area contributed by atoms with E-state index in [1.807, 2.05) is 34.4 Å². The lowest BCUT2D eigenvalue weighted by Gasteiger charge is -2.10. The predicted molar refractivity (Wildman–Crippen MR) is 88.2 cm³/mol. The van der Waals surface area contributed by atoms with Crippen molar-refractivity contribution < 1.29 is 4.74 Å². The lowest BCUT2D eigenvalue weighted by atomic mass is 10.2. The van der Waals surface area contributed by atoms with Crippen molar-refractivity contribution in [3.8, 4) is 11.4 Å². The molecule has 0 spiro atoms. The molecule has 2 aliphatic heterocycles. The molecule has 120 valence electrons. The maximum Gasteiger partial charge on any atom is 0.237 e. The van der Waals surface area contributed by atoms with Gasteiger partial charge in [-0.15, -0.1) is 5.10 Å². The van der Waals surface area contributed by atoms with Crippen molar-refractivity contribution in [2.45, 2.75) is 19.4 Å². The average molecular weight is 341 g/mol. The van der Waals surface area contributed by atoms with Crippen molar-refractivity contribution in [2.75, 3.05) is 6.61 Å². The second kappa shape index (κ2) is 4.91. The molecule has 5 rings (SSSR count). The fourth-order valence-corrected chi connectivity index (χ4v) is 3.32. The number of rotatable bonds is 1. The van der Waals surface area contributed by atoms with Crippen molar-refractivity contribution >= 4 is 17.5 Å². The van der Waals surface area contributed by atoms with E-state index in [-0.39, 0.29) is 6.04 Å². The monoisotopic (exact) mass is 340 g/mol. The molecular weight excluding hydrogens is 328 g/mol. The first kappa shape index (κ1) is 13.7. The third-order valence-corrected chi connectivity index (χ3v) is 4.50. The summed E-state index contributed by atoms with van der Waals surface area (Å²) in [5.74, 6) is 0.604. The number of nitrogens with zero attached hydrogens (tertiary/aromatic N) is 6. The molecule has 0 aliphatic carbocycles. The molecule has 7 nitrogen and oxygen atoms in total. The zero-order valence-corrected chi connectivity index (χ0v) is 13.6. The normalized spacial score (nSPS) is 18.2. The molecule has 4 heterocycles. The number of imidazole rings is 1. The number of hydrogen-bond acceptors (Lipinski definition) is 5. The highest BCUT2D eigenvalue weighted by atomic mass is 35.5. The molecule has 0 fully saturated rings. The molecule has 0 unspecified atom stereocenters. The molecule has 1 atom stereocenters. The molecular formula is C16H13ClN6O. The fraction of sp³-hybridized carbons (Fsp3) is 0.250. The summed E-state index contributed by atoms with van der Waals surface area (Å²) in [6.07, 6.45) is 4.19. The van der Waals surface area contributed by atoms with Gasteiger partial charge in [-0.2, -0.15) is 0 Å². The van der Waals surface area contributed by atoms with Gasteiger partial charge in [-0.05, 0) is 25.1 Å². The van der Waals surface area contributed by atoms with E-state index in [0.717, 1.165) is 28.5 Å². The Balaban J connectivity index is 1.77. The van der Waals surface area contributed by atoms with Crippen LogP contribution in [0.3, 0.4) is 0 Å². The quantitative estimate of drug-likeness (QED) is 0.532. The lowest BCUT2D eigenvalue weighted by Crippen LogP contribution is -2.08. The number of aliphatic imine (C=N–C) groups is 1. The van der Waals surface area contributed by atoms with Gasteiger partial charge in [-0.3, -0.25) is 4.57 Å². The molecule has 0 N–H and O–H groups in total. The molecule has 1 aromatic carbocycles. The smallest absolute Gasteiger partial charge is 0.237 e. The van der Waals surface area contributed by atoms with Gasteiger partial charge in [0.05, 0.1) is 35.0 Å². The van der Waals surface area contributed by atoms with E-state index in [4.69, 9.17) is 16.3 Å². The van der Waals surface area contributed by atoms with E-state index in [1.54, 1.807) is 12.5 Å². The Morgan fingerprint density at radius 3 is 3.04 bits per heavy atom. The molecule has 0 bridgehead atoms. The number of hydrogen-bond donors (Lipinski definition) is 0. The van der Waals surface area contributed by atoms with Gasteiger partial charge in [0.25, 0.3) is 0 Å². The summed E-state index contributed by atoms with van der Waals surface area (Å²) in [7, 11) is 0. The Morgan fingerprint density at radius 1 is 1.29 bits per heavy atom. The predicted octanol–water partition coefficient (Wildman–Crippen LogP) is 2.18. The van der Waals surface area contributed by atoms with E-state index in [0.29, 0.717) is 23.9 Å². The second-order valence-electron chi connectivity index (χ2n) is 5.95. The fourth-order valence-electron chi connectivity index (χ4n) is 3.15. The van der Waals surface area contributed by atoms with E-state index >= 15 is 0 Å². The minimum absolute atomic E-state index is 0.154. The summed E-state index contributed by atoms with van der Waals surface area (Å²) in [4.78, 5) is 9.10. The highest BCUT2D eigenvalue weighted by Crippen LogP contribution is 2.31. The number of fused-ring (bicyclic) bond motifs is 5. The molecule has 2 aliphatic rings. The van der Waals surface area contributed by atoms with Gasteiger partial charge in [0.15, 0.2) is 0 Å². The number of ether oxygens (including phenoxy) is 1. The standard InChI is InChI=1S/C16H13ClN6O/c1-9-7-24-16(20-9)15-14-5-11-6-19-21-23(11)13-4-10(17)2-3-12(13)22(14)8-18-15/h2-4,6,8-9H,5,7H2,1H3/t9-/m0/s1. The van der Waals surface area contributed by atoms with Gasteiger partial charge in [-0.1, -0.05) is 16.8 Å². The van der Waals surface area contributed by atoms with Crippen LogP contribution in [0, 0.1) is 0 Å². The Morgan fingerprint density at radius 2 is 2.21 bits per heavy atom. The first-order valence-corrected chi connectivity index (χ1v) is 8.05. The van der Waals surface area contributed by atoms with Gasteiger partial charge in [0.2, 0.25) is 5.90 Å². The molecule has 0 radical (unpaired) electrons. The van der Waals surface area contributed by atoms with Crippen LogP contribution in [-0.4, -0.2) is 43.1 Å². The van der Waals surface area contributed by atoms with Crippen molar-refractivity contribution in [2.24, 2.45) is 4.99 Å². The lowest BCUT2D eigenvalue weighted by molar-refractivity contribution is 0.323. The molecule has 24 heavy (non-hydrogen) atoms. The van der Waals surface area contributed by atoms with Gasteiger partial charge in [0.1, 0.15) is 18.6 Å². The van der Waals surface area contributed by atoms with Gasteiger partial charge >= 0.3 is 0 Å². The van der Waals surface area contributed by atoms with Crippen LogP contribution >= 0.6 is 11.6 Å². The topological polar surface area (TPSA) is 70.1 Å². The Bertz CT molecular complexity index is 988. The van der Waals surface area contributed by atoms with Crippen LogP contribution in [-0.2, 0) is 11.2 Å². The van der Waals surface area contributed by atoms with Crippen LogP contribution in [0.4, 0.5) is 0 Å². The van der Waals surface area contributed by atoms with Crippen LogP contribution in [0.5, 0.6) is 0 Å². The van der Waals surface area contributed by atoms with E-state index < -0.39 is 0 Å². The van der Waals surface area contributed by atoms with Crippen molar-refractivity contribution in [1.82, 2.24) is 24.5 Å². The van der Waals surface area contributed by atoms with E-state index in [1.165, 1.54) is 0 Å². The van der Waals surface area contributed by atoms with Crippen LogP contribution in [0.2, 0.25) is 5.02 Å². The van der Waals surface area contributed by atoms with Gasteiger partial charge in [-0.25, -0.2) is 14.7 Å². The number of halogens is 1. The first-order chi connectivity index (χ1) is 11.7. The minimum Gasteiger partial charge on any atom is -0.474 e. The summed E-state index contributed by atoms with van der Waals surface area (Å²) in [6.45, 7) is 2.62. The Hall–Kier alpha value is -2.67. The third-order valence-electron chi connectivity index (χ3n) is 4.26. The summed E-state index contributed by atoms with van der Waals surface area (Å²) < 4.78 is 9.57. The summed E-state index contributed by atoms with van der Waals surface area (Å²) in [5.41, 5.74) is 4.57. The highest BCUT2D eigenvalue weighted by Gasteiger charge is 2.28. The van der Waals surface area contributed by atoms with Gasteiger partial charge < -0.3 is 4.74 Å². The maximum atomic E-state index is 6.19. The summed E-state index contributed by atoms with van der Waals surface area (Å²) >= 11 is 6.19. The van der Waals surface area contributed by atoms with E-state index in [2.05, 4.69) is 20.3 Å². The molecule has 0 saturated carbocycles. The Kier molecular flexibility index (Phi) is 2.81. The van der Waals surface area contributed by atoms with Crippen LogP contribution in [0.1, 0.15) is 24.0 Å². The maximum absolute atomic E-state index is 6.19. The summed E-state index contributed by atoms with van der Waals surface area (Å²) in [5, 5.41) is 8.91. The third kappa shape index (κ3) is 1.91. The molecule has 2 aromatic heterocycles. The molecule has 8 heteroatoms. The average Bonchev–Trinajstić information content (AvgIpc) is 3.27.